The fraction of sp³-hybridized carbons (Fsp3) is 0.250. The van der Waals surface area contributed by atoms with Gasteiger partial charge in [-0.05, 0) is 45.4 Å². The van der Waals surface area contributed by atoms with E-state index in [9.17, 15) is 4.79 Å². The fourth-order valence-electron chi connectivity index (χ4n) is 2.72. The molecule has 0 aliphatic carbocycles. The maximum absolute atomic E-state index is 12.8. The monoisotopic (exact) mass is 307 g/mol. The second-order valence-electron chi connectivity index (χ2n) is 6.72. The van der Waals surface area contributed by atoms with E-state index in [2.05, 4.69) is 0 Å². The minimum atomic E-state index is -0.536. The summed E-state index contributed by atoms with van der Waals surface area (Å²) in [5.74, 6) is 0. The van der Waals surface area contributed by atoms with Gasteiger partial charge in [-0.3, -0.25) is 0 Å². The van der Waals surface area contributed by atoms with Crippen molar-refractivity contribution in [2.45, 2.75) is 33.3 Å². The molecule has 0 bridgehead atoms. The molecular formula is C20H21NO2. The number of benzene rings is 2. The maximum Gasteiger partial charge on any atom is 0.419 e. The van der Waals surface area contributed by atoms with Gasteiger partial charge in [0, 0.05) is 10.9 Å². The normalized spacial score (nSPS) is 11.7. The Hall–Kier alpha value is -2.55. The van der Waals surface area contributed by atoms with Crippen LogP contribution >= 0.6 is 0 Å². The zero-order valence-electron chi connectivity index (χ0n) is 14.0. The Kier molecular flexibility index (Phi) is 3.72. The van der Waals surface area contributed by atoms with Crippen molar-refractivity contribution in [3.8, 4) is 11.3 Å². The standard InChI is InChI=1S/C20H21NO2/c1-14-9-5-7-11-16(14)18-13-15-10-6-8-12-17(15)21(18)19(22)23-20(2,3)4/h5-13H,1-4H3. The second-order valence-corrected chi connectivity index (χ2v) is 6.72. The summed E-state index contributed by atoms with van der Waals surface area (Å²) in [5.41, 5.74) is 3.35. The molecule has 3 rings (SSSR count). The van der Waals surface area contributed by atoms with Crippen LogP contribution in [0.15, 0.2) is 54.6 Å². The third kappa shape index (κ3) is 3.00. The number of aromatic nitrogens is 1. The second kappa shape index (κ2) is 5.58. The van der Waals surface area contributed by atoms with Gasteiger partial charge in [0.15, 0.2) is 0 Å². The third-order valence-electron chi connectivity index (χ3n) is 3.71. The number of nitrogens with zero attached hydrogens (tertiary/aromatic N) is 1. The van der Waals surface area contributed by atoms with Crippen LogP contribution < -0.4 is 0 Å². The lowest BCUT2D eigenvalue weighted by molar-refractivity contribution is 0.0547. The minimum absolute atomic E-state index is 0.350. The number of hydrogen-bond donors (Lipinski definition) is 0. The lowest BCUT2D eigenvalue weighted by Crippen LogP contribution is -2.27. The van der Waals surface area contributed by atoms with E-state index >= 15 is 0 Å². The van der Waals surface area contributed by atoms with Crippen LogP contribution in [0.3, 0.4) is 0 Å². The molecule has 3 aromatic rings. The first kappa shape index (κ1) is 15.3. The van der Waals surface area contributed by atoms with Crippen molar-refractivity contribution >= 4 is 17.0 Å². The van der Waals surface area contributed by atoms with Crippen molar-refractivity contribution in [3.63, 3.8) is 0 Å². The van der Waals surface area contributed by atoms with Crippen LogP contribution in [0.25, 0.3) is 22.2 Å². The number of rotatable bonds is 1. The highest BCUT2D eigenvalue weighted by Gasteiger charge is 2.23. The first-order valence-corrected chi connectivity index (χ1v) is 7.77. The molecule has 0 atom stereocenters. The molecular weight excluding hydrogens is 286 g/mol. The van der Waals surface area contributed by atoms with Crippen LogP contribution in [0.2, 0.25) is 0 Å². The van der Waals surface area contributed by atoms with E-state index in [1.807, 2.05) is 82.3 Å². The number of fused-ring (bicyclic) bond motifs is 1. The average Bonchev–Trinajstić information content (AvgIpc) is 2.85. The van der Waals surface area contributed by atoms with Crippen LogP contribution in [0.5, 0.6) is 0 Å². The van der Waals surface area contributed by atoms with E-state index in [4.69, 9.17) is 4.74 Å². The van der Waals surface area contributed by atoms with Crippen molar-refractivity contribution in [2.24, 2.45) is 0 Å². The molecule has 0 spiro atoms. The summed E-state index contributed by atoms with van der Waals surface area (Å²) in [6.45, 7) is 7.69. The van der Waals surface area contributed by atoms with Gasteiger partial charge in [-0.15, -0.1) is 0 Å². The molecule has 0 saturated carbocycles. The zero-order valence-corrected chi connectivity index (χ0v) is 14.0. The lowest BCUT2D eigenvalue weighted by atomic mass is 10.1. The third-order valence-corrected chi connectivity index (χ3v) is 3.71. The van der Waals surface area contributed by atoms with Crippen molar-refractivity contribution < 1.29 is 9.53 Å². The summed E-state index contributed by atoms with van der Waals surface area (Å²) in [7, 11) is 0. The molecule has 0 aliphatic rings. The molecule has 0 N–H and O–H groups in total. The largest absolute Gasteiger partial charge is 0.443 e. The Morgan fingerprint density at radius 3 is 2.35 bits per heavy atom. The summed E-state index contributed by atoms with van der Waals surface area (Å²) < 4.78 is 7.29. The molecule has 0 radical (unpaired) electrons. The molecule has 0 unspecified atom stereocenters. The Balaban J connectivity index is 2.24. The summed E-state index contributed by atoms with van der Waals surface area (Å²) >= 11 is 0. The molecule has 0 saturated heterocycles. The molecule has 2 aromatic carbocycles. The molecule has 1 heterocycles. The van der Waals surface area contributed by atoms with Gasteiger partial charge in [0.05, 0.1) is 11.2 Å². The molecule has 3 nitrogen and oxygen atoms in total. The Bertz CT molecular complexity index is 869. The van der Waals surface area contributed by atoms with Gasteiger partial charge in [-0.2, -0.15) is 0 Å². The average molecular weight is 307 g/mol. The van der Waals surface area contributed by atoms with Gasteiger partial charge >= 0.3 is 6.09 Å². The van der Waals surface area contributed by atoms with Gasteiger partial charge < -0.3 is 4.74 Å². The summed E-state index contributed by atoms with van der Waals surface area (Å²) in [4.78, 5) is 12.8. The molecule has 0 amide bonds. The van der Waals surface area contributed by atoms with Gasteiger partial charge in [0.2, 0.25) is 0 Å². The number of carbonyl (C=O) groups is 1. The number of aryl methyl sites for hydroxylation is 1. The highest BCUT2D eigenvalue weighted by atomic mass is 16.6. The highest BCUT2D eigenvalue weighted by Crippen LogP contribution is 2.31. The first-order valence-electron chi connectivity index (χ1n) is 7.77. The number of hydrogen-bond acceptors (Lipinski definition) is 2. The quantitative estimate of drug-likeness (QED) is 0.602. The summed E-state index contributed by atoms with van der Waals surface area (Å²) in [6.07, 6.45) is -0.350. The topological polar surface area (TPSA) is 31.2 Å². The molecule has 118 valence electrons. The zero-order chi connectivity index (χ0) is 16.6. The van der Waals surface area contributed by atoms with Crippen molar-refractivity contribution in [3.05, 3.63) is 60.2 Å². The summed E-state index contributed by atoms with van der Waals surface area (Å²) in [6, 6.07) is 18.0. The van der Waals surface area contributed by atoms with Crippen LogP contribution in [0, 0.1) is 6.92 Å². The van der Waals surface area contributed by atoms with Crippen LogP contribution in [-0.2, 0) is 4.74 Å². The van der Waals surface area contributed by atoms with E-state index in [-0.39, 0.29) is 6.09 Å². The van der Waals surface area contributed by atoms with Crippen molar-refractivity contribution in [1.82, 2.24) is 4.57 Å². The van der Waals surface area contributed by atoms with Crippen molar-refractivity contribution in [2.75, 3.05) is 0 Å². The van der Waals surface area contributed by atoms with E-state index < -0.39 is 5.60 Å². The molecule has 3 heteroatoms. The van der Waals surface area contributed by atoms with E-state index in [0.29, 0.717) is 0 Å². The Morgan fingerprint density at radius 2 is 1.65 bits per heavy atom. The lowest BCUT2D eigenvalue weighted by Gasteiger charge is -2.21. The Labute approximate surface area is 136 Å². The molecule has 1 aromatic heterocycles. The SMILES string of the molecule is Cc1ccccc1-c1cc2ccccc2n1C(=O)OC(C)(C)C. The van der Waals surface area contributed by atoms with Crippen LogP contribution in [0.4, 0.5) is 4.79 Å². The van der Waals surface area contributed by atoms with Gasteiger partial charge in [0.25, 0.3) is 0 Å². The summed E-state index contributed by atoms with van der Waals surface area (Å²) in [5, 5.41) is 1.02. The molecule has 0 aliphatic heterocycles. The smallest absolute Gasteiger partial charge is 0.419 e. The van der Waals surface area contributed by atoms with Crippen LogP contribution in [-0.4, -0.2) is 16.3 Å². The predicted molar refractivity (Wildman–Crippen MR) is 93.7 cm³/mol. The van der Waals surface area contributed by atoms with Crippen LogP contribution in [0.1, 0.15) is 26.3 Å². The predicted octanol–water partition coefficient (Wildman–Crippen LogP) is 5.40. The fourth-order valence-corrected chi connectivity index (χ4v) is 2.72. The first-order chi connectivity index (χ1) is 10.9. The number of ether oxygens (including phenoxy) is 1. The maximum atomic E-state index is 12.8. The van der Waals surface area contributed by atoms with Gasteiger partial charge in [-0.25, -0.2) is 9.36 Å². The van der Waals surface area contributed by atoms with E-state index in [1.165, 1.54) is 0 Å². The number of carbonyl (C=O) groups excluding carboxylic acids is 1. The van der Waals surface area contributed by atoms with Gasteiger partial charge in [0.1, 0.15) is 5.60 Å². The molecule has 23 heavy (non-hydrogen) atoms. The van der Waals surface area contributed by atoms with Gasteiger partial charge in [-0.1, -0.05) is 42.5 Å². The minimum Gasteiger partial charge on any atom is -0.443 e. The highest BCUT2D eigenvalue weighted by molar-refractivity contribution is 5.96. The molecule has 0 fully saturated rings. The van der Waals surface area contributed by atoms with E-state index in [1.54, 1.807) is 4.57 Å². The number of para-hydroxylation sites is 1. The van der Waals surface area contributed by atoms with E-state index in [0.717, 1.165) is 27.7 Å². The Morgan fingerprint density at radius 1 is 1.00 bits per heavy atom. The van der Waals surface area contributed by atoms with Crippen molar-refractivity contribution in [1.29, 1.82) is 0 Å².